The number of rotatable bonds is 3. The highest BCUT2D eigenvalue weighted by atomic mass is 35.5. The Hall–Kier alpha value is -2.90. The molecule has 0 atom stereocenters. The van der Waals surface area contributed by atoms with E-state index in [0.29, 0.717) is 10.7 Å². The summed E-state index contributed by atoms with van der Waals surface area (Å²) >= 11 is 11.7. The maximum Gasteiger partial charge on any atom is 0.333 e. The lowest BCUT2D eigenvalue weighted by Gasteiger charge is -2.08. The Morgan fingerprint density at radius 3 is 2.38 bits per heavy atom. The van der Waals surface area contributed by atoms with Crippen LogP contribution < -0.4 is 16.6 Å². The van der Waals surface area contributed by atoms with Crippen LogP contribution in [0.25, 0.3) is 5.69 Å². The topological polar surface area (TPSA) is 84.0 Å². The van der Waals surface area contributed by atoms with E-state index in [0.717, 1.165) is 22.9 Å². The molecule has 0 spiro atoms. The highest BCUT2D eigenvalue weighted by molar-refractivity contribution is 6.42. The van der Waals surface area contributed by atoms with Crippen LogP contribution in [0.4, 0.5) is 10.1 Å². The summed E-state index contributed by atoms with van der Waals surface area (Å²) in [4.78, 5) is 39.3. The molecule has 0 unspecified atom stereocenters. The van der Waals surface area contributed by atoms with E-state index in [1.165, 1.54) is 30.3 Å². The van der Waals surface area contributed by atoms with Crippen LogP contribution in [0.2, 0.25) is 10.0 Å². The van der Waals surface area contributed by atoms with E-state index in [1.54, 1.807) is 0 Å². The number of amides is 1. The van der Waals surface area contributed by atoms with Gasteiger partial charge < -0.3 is 10.3 Å². The fourth-order valence-electron chi connectivity index (χ4n) is 2.23. The van der Waals surface area contributed by atoms with Crippen molar-refractivity contribution in [2.45, 2.75) is 0 Å². The third-order valence-electron chi connectivity index (χ3n) is 3.48. The lowest BCUT2D eigenvalue weighted by Crippen LogP contribution is -2.38. The molecule has 0 radical (unpaired) electrons. The van der Waals surface area contributed by atoms with Crippen LogP contribution in [0.3, 0.4) is 0 Å². The molecular weight excluding hydrogens is 384 g/mol. The number of nitrogens with zero attached hydrogens (tertiary/aromatic N) is 1. The van der Waals surface area contributed by atoms with Crippen LogP contribution in [-0.2, 0) is 0 Å². The van der Waals surface area contributed by atoms with E-state index in [1.807, 2.05) is 0 Å². The summed E-state index contributed by atoms with van der Waals surface area (Å²) in [5.41, 5.74) is -1.46. The molecule has 2 aromatic carbocycles. The van der Waals surface area contributed by atoms with Gasteiger partial charge in [-0.05, 0) is 42.5 Å². The van der Waals surface area contributed by atoms with Crippen molar-refractivity contribution in [1.29, 1.82) is 0 Å². The molecular formula is C17H10Cl2FN3O3. The number of anilines is 1. The summed E-state index contributed by atoms with van der Waals surface area (Å²) in [6.45, 7) is 0. The molecule has 132 valence electrons. The third-order valence-corrected chi connectivity index (χ3v) is 4.22. The maximum atomic E-state index is 13.1. The number of aromatic amines is 1. The first-order valence-corrected chi connectivity index (χ1v) is 7.99. The van der Waals surface area contributed by atoms with Gasteiger partial charge in [-0.25, -0.2) is 13.8 Å². The van der Waals surface area contributed by atoms with Gasteiger partial charge in [0, 0.05) is 11.9 Å². The molecule has 9 heteroatoms. The van der Waals surface area contributed by atoms with Crippen molar-refractivity contribution < 1.29 is 9.18 Å². The number of H-pyrrole nitrogens is 1. The minimum atomic E-state index is -0.849. The standard InChI is InChI=1S/C17H10Cl2FN3O3/c18-13-6-3-10(7-14(13)19)22-15(24)12-8-21-17(26)23(16(12)25)11-4-1-9(20)2-5-11/h1-8H,(H,21,26)(H,22,24). The average Bonchev–Trinajstić information content (AvgIpc) is 2.60. The lowest BCUT2D eigenvalue weighted by atomic mass is 10.2. The second-order valence-corrected chi connectivity index (χ2v) is 6.02. The SMILES string of the molecule is O=C(Nc1ccc(Cl)c(Cl)c1)c1c[nH]c(=O)n(-c2ccc(F)cc2)c1=O. The monoisotopic (exact) mass is 393 g/mol. The summed E-state index contributed by atoms with van der Waals surface area (Å²) < 4.78 is 13.8. The smallest absolute Gasteiger partial charge is 0.322 e. The van der Waals surface area contributed by atoms with Crippen molar-refractivity contribution in [3.8, 4) is 5.69 Å². The lowest BCUT2D eigenvalue weighted by molar-refractivity contribution is 0.102. The van der Waals surface area contributed by atoms with Crippen LogP contribution in [0, 0.1) is 5.82 Å². The summed E-state index contributed by atoms with van der Waals surface area (Å²) in [6, 6.07) is 9.14. The summed E-state index contributed by atoms with van der Waals surface area (Å²) in [6.07, 6.45) is 1.01. The quantitative estimate of drug-likeness (QED) is 0.716. The third kappa shape index (κ3) is 3.54. The summed E-state index contributed by atoms with van der Waals surface area (Å²) in [5, 5.41) is 3.04. The number of hydrogen-bond acceptors (Lipinski definition) is 3. The van der Waals surface area contributed by atoms with Crippen LogP contribution in [-0.4, -0.2) is 15.5 Å². The molecule has 26 heavy (non-hydrogen) atoms. The van der Waals surface area contributed by atoms with Crippen LogP contribution >= 0.6 is 23.2 Å². The van der Waals surface area contributed by atoms with E-state index in [2.05, 4.69) is 10.3 Å². The molecule has 2 N–H and O–H groups in total. The van der Waals surface area contributed by atoms with Crippen molar-refractivity contribution in [2.75, 3.05) is 5.32 Å². The van der Waals surface area contributed by atoms with Crippen molar-refractivity contribution in [3.05, 3.63) is 90.9 Å². The van der Waals surface area contributed by atoms with E-state index in [4.69, 9.17) is 23.2 Å². The van der Waals surface area contributed by atoms with Crippen molar-refractivity contribution in [1.82, 2.24) is 9.55 Å². The maximum absolute atomic E-state index is 13.1. The second kappa shape index (κ2) is 7.15. The zero-order valence-electron chi connectivity index (χ0n) is 12.9. The van der Waals surface area contributed by atoms with Crippen LogP contribution in [0.15, 0.2) is 58.3 Å². The molecule has 3 rings (SSSR count). The molecule has 1 amide bonds. The van der Waals surface area contributed by atoms with Gasteiger partial charge in [0.05, 0.1) is 15.7 Å². The largest absolute Gasteiger partial charge is 0.333 e. The zero-order valence-corrected chi connectivity index (χ0v) is 14.4. The number of aromatic nitrogens is 2. The highest BCUT2D eigenvalue weighted by Gasteiger charge is 2.16. The molecule has 0 bridgehead atoms. The first-order valence-electron chi connectivity index (χ1n) is 7.24. The molecule has 6 nitrogen and oxygen atoms in total. The Kier molecular flexibility index (Phi) is 4.92. The molecule has 0 aliphatic carbocycles. The molecule has 1 aromatic heterocycles. The fourth-order valence-corrected chi connectivity index (χ4v) is 2.53. The number of carbonyl (C=O) groups is 1. The number of nitrogens with one attached hydrogen (secondary N) is 2. The van der Waals surface area contributed by atoms with Gasteiger partial charge >= 0.3 is 5.69 Å². The van der Waals surface area contributed by atoms with Crippen LogP contribution in [0.5, 0.6) is 0 Å². The van der Waals surface area contributed by atoms with E-state index in [9.17, 15) is 18.8 Å². The number of hydrogen-bond donors (Lipinski definition) is 2. The molecule has 3 aromatic rings. The average molecular weight is 394 g/mol. The minimum Gasteiger partial charge on any atom is -0.322 e. The Morgan fingerprint density at radius 2 is 1.73 bits per heavy atom. The predicted molar refractivity (Wildman–Crippen MR) is 97.0 cm³/mol. The minimum absolute atomic E-state index is 0.127. The Labute approximate surface area is 155 Å². The number of benzene rings is 2. The van der Waals surface area contributed by atoms with Gasteiger partial charge in [0.25, 0.3) is 11.5 Å². The molecule has 1 heterocycles. The molecule has 0 saturated carbocycles. The van der Waals surface area contributed by atoms with Gasteiger partial charge in [-0.15, -0.1) is 0 Å². The van der Waals surface area contributed by atoms with Gasteiger partial charge in [0.1, 0.15) is 11.4 Å². The van der Waals surface area contributed by atoms with Gasteiger partial charge in [0.2, 0.25) is 0 Å². The second-order valence-electron chi connectivity index (χ2n) is 5.21. The van der Waals surface area contributed by atoms with Crippen molar-refractivity contribution in [2.24, 2.45) is 0 Å². The number of halogens is 3. The molecule has 0 aliphatic rings. The van der Waals surface area contributed by atoms with Crippen LogP contribution in [0.1, 0.15) is 10.4 Å². The predicted octanol–water partition coefficient (Wildman–Crippen LogP) is 3.22. The first kappa shape index (κ1) is 17.9. The summed E-state index contributed by atoms with van der Waals surface area (Å²) in [5.74, 6) is -1.27. The highest BCUT2D eigenvalue weighted by Crippen LogP contribution is 2.25. The van der Waals surface area contributed by atoms with E-state index in [-0.39, 0.29) is 16.3 Å². The molecule has 0 aliphatic heterocycles. The van der Waals surface area contributed by atoms with E-state index < -0.39 is 23.0 Å². The summed E-state index contributed by atoms with van der Waals surface area (Å²) in [7, 11) is 0. The molecule has 0 saturated heterocycles. The van der Waals surface area contributed by atoms with Crippen molar-refractivity contribution in [3.63, 3.8) is 0 Å². The Morgan fingerprint density at radius 1 is 1.04 bits per heavy atom. The normalized spacial score (nSPS) is 10.6. The Balaban J connectivity index is 2.00. The first-order chi connectivity index (χ1) is 12.4. The van der Waals surface area contributed by atoms with Gasteiger partial charge in [0.15, 0.2) is 0 Å². The number of carbonyl (C=O) groups excluding carboxylic acids is 1. The van der Waals surface area contributed by atoms with Gasteiger partial charge in [-0.1, -0.05) is 23.2 Å². The Bertz CT molecular complexity index is 1110. The van der Waals surface area contributed by atoms with Gasteiger partial charge in [-0.2, -0.15) is 0 Å². The van der Waals surface area contributed by atoms with E-state index >= 15 is 0 Å². The van der Waals surface area contributed by atoms with Gasteiger partial charge in [-0.3, -0.25) is 9.59 Å². The molecule has 0 fully saturated rings. The van der Waals surface area contributed by atoms with Crippen molar-refractivity contribution >= 4 is 34.8 Å². The fraction of sp³-hybridized carbons (Fsp3) is 0. The zero-order chi connectivity index (χ0) is 18.8.